The summed E-state index contributed by atoms with van der Waals surface area (Å²) < 4.78 is 0. The molecule has 0 N–H and O–H groups in total. The molecule has 72 valence electrons. The molecular weight excluding hydrogens is 179 g/mol. The van der Waals surface area contributed by atoms with Crippen molar-refractivity contribution >= 4 is 7.28 Å². The Morgan fingerprint density at radius 3 is 1.73 bits per heavy atom. The fourth-order valence-corrected chi connectivity index (χ4v) is 2.70. The first-order chi connectivity index (χ1) is 7.42. The maximum atomic E-state index is 2.27. The maximum Gasteiger partial charge on any atom is 0.132 e. The monoisotopic (exact) mass is 192 g/mol. The molecule has 1 aliphatic rings. The van der Waals surface area contributed by atoms with Crippen LogP contribution < -0.4 is 0 Å². The van der Waals surface area contributed by atoms with Crippen LogP contribution in [0.3, 0.4) is 0 Å². The Bertz CT molecular complexity index is 457. The van der Waals surface area contributed by atoms with Crippen LogP contribution >= 0.6 is 0 Å². The molecule has 1 heteroatoms. The third-order valence-corrected chi connectivity index (χ3v) is 3.37. The van der Waals surface area contributed by atoms with Gasteiger partial charge in [0.2, 0.25) is 0 Å². The quantitative estimate of drug-likeness (QED) is 0.608. The van der Waals surface area contributed by atoms with E-state index in [4.69, 9.17) is 0 Å². The van der Waals surface area contributed by atoms with E-state index < -0.39 is 0 Å². The zero-order valence-corrected chi connectivity index (χ0v) is 8.90. The van der Waals surface area contributed by atoms with Crippen molar-refractivity contribution in [3.8, 4) is 11.1 Å². The summed E-state index contributed by atoms with van der Waals surface area (Å²) in [6.07, 6.45) is 0. The molecule has 1 aliphatic carbocycles. The first-order valence-corrected chi connectivity index (χ1v) is 5.60. The smallest absolute Gasteiger partial charge is 0.0884 e. The summed E-state index contributed by atoms with van der Waals surface area (Å²) in [4.78, 5) is 0. The Morgan fingerprint density at radius 2 is 1.27 bits per heavy atom. The molecule has 0 amide bonds. The van der Waals surface area contributed by atoms with E-state index in [1.54, 1.807) is 0 Å². The molecule has 0 aliphatic heterocycles. The van der Waals surface area contributed by atoms with Crippen molar-refractivity contribution in [3.05, 3.63) is 59.7 Å². The first-order valence-electron chi connectivity index (χ1n) is 5.60. The fraction of sp³-hybridized carbons (Fsp3) is 0.143. The third-order valence-electron chi connectivity index (χ3n) is 3.37. The van der Waals surface area contributed by atoms with Crippen molar-refractivity contribution in [2.24, 2.45) is 0 Å². The molecule has 0 nitrogen and oxygen atoms in total. The summed E-state index contributed by atoms with van der Waals surface area (Å²) in [5.41, 5.74) is 5.86. The van der Waals surface area contributed by atoms with Gasteiger partial charge in [0.1, 0.15) is 7.28 Å². The molecule has 2 aromatic carbocycles. The first kappa shape index (κ1) is 8.78. The van der Waals surface area contributed by atoms with E-state index in [2.05, 4.69) is 55.4 Å². The lowest BCUT2D eigenvalue weighted by Crippen LogP contribution is -2.02. The standard InChI is InChI=1S/C14H13B/c1-15-14-12-8-4-2-6-10(12)11-7-3-5-9-13(11)14/h2-9,14-15H,1H3. The highest BCUT2D eigenvalue weighted by Crippen LogP contribution is 2.43. The third kappa shape index (κ3) is 1.16. The Hall–Kier alpha value is -1.50. The lowest BCUT2D eigenvalue weighted by molar-refractivity contribution is 1.18. The topological polar surface area (TPSA) is 0 Å². The summed E-state index contributed by atoms with van der Waals surface area (Å²) >= 11 is 0. The molecule has 0 fully saturated rings. The summed E-state index contributed by atoms with van der Waals surface area (Å²) in [6, 6.07) is 17.6. The SMILES string of the molecule is CBC1c2ccccc2-c2ccccc21. The summed E-state index contributed by atoms with van der Waals surface area (Å²) in [7, 11) is 1.19. The van der Waals surface area contributed by atoms with Crippen LogP contribution in [0.25, 0.3) is 11.1 Å². The van der Waals surface area contributed by atoms with E-state index in [1.807, 2.05) is 0 Å². The second-order valence-electron chi connectivity index (χ2n) is 4.14. The molecule has 0 spiro atoms. The fourth-order valence-electron chi connectivity index (χ4n) is 2.70. The second kappa shape index (κ2) is 3.27. The van der Waals surface area contributed by atoms with E-state index in [9.17, 15) is 0 Å². The van der Waals surface area contributed by atoms with Crippen LogP contribution in [0, 0.1) is 0 Å². The molecule has 0 bridgehead atoms. The normalized spacial score (nSPS) is 13.4. The van der Waals surface area contributed by atoms with Crippen LogP contribution in [0.2, 0.25) is 6.82 Å². The number of hydrogen-bond donors (Lipinski definition) is 0. The molecule has 2 aromatic rings. The van der Waals surface area contributed by atoms with E-state index in [0.717, 1.165) is 0 Å². The molecule has 15 heavy (non-hydrogen) atoms. The highest BCUT2D eigenvalue weighted by Gasteiger charge is 2.26. The van der Waals surface area contributed by atoms with Gasteiger partial charge in [0.05, 0.1) is 0 Å². The van der Waals surface area contributed by atoms with Gasteiger partial charge in [0.25, 0.3) is 0 Å². The average molecular weight is 192 g/mol. The van der Waals surface area contributed by atoms with Crippen LogP contribution in [-0.4, -0.2) is 7.28 Å². The average Bonchev–Trinajstić information content (AvgIpc) is 2.63. The predicted molar refractivity (Wildman–Crippen MR) is 66.7 cm³/mol. The number of fused-ring (bicyclic) bond motifs is 3. The molecule has 0 aromatic heterocycles. The minimum absolute atomic E-state index is 0.609. The molecule has 0 heterocycles. The molecule has 3 rings (SSSR count). The van der Waals surface area contributed by atoms with E-state index in [0.29, 0.717) is 5.82 Å². The molecule has 0 atom stereocenters. The van der Waals surface area contributed by atoms with Crippen LogP contribution in [-0.2, 0) is 0 Å². The molecule has 0 saturated carbocycles. The maximum absolute atomic E-state index is 2.27. The minimum atomic E-state index is 0.609. The molecular formula is C14H13B. The van der Waals surface area contributed by atoms with Crippen molar-refractivity contribution in [2.75, 3.05) is 0 Å². The summed E-state index contributed by atoms with van der Waals surface area (Å²) in [6.45, 7) is 2.27. The van der Waals surface area contributed by atoms with Crippen LogP contribution in [0.1, 0.15) is 16.9 Å². The molecule has 0 saturated heterocycles. The van der Waals surface area contributed by atoms with Gasteiger partial charge in [-0.15, -0.1) is 0 Å². The Balaban J connectivity index is 2.31. The van der Waals surface area contributed by atoms with Gasteiger partial charge in [-0.2, -0.15) is 0 Å². The molecule has 0 radical (unpaired) electrons. The zero-order chi connectivity index (χ0) is 10.3. The van der Waals surface area contributed by atoms with Crippen LogP contribution in [0.5, 0.6) is 0 Å². The van der Waals surface area contributed by atoms with Crippen molar-refractivity contribution < 1.29 is 0 Å². The lowest BCUT2D eigenvalue weighted by Gasteiger charge is -2.08. The van der Waals surface area contributed by atoms with Gasteiger partial charge in [0.15, 0.2) is 0 Å². The van der Waals surface area contributed by atoms with Crippen molar-refractivity contribution in [3.63, 3.8) is 0 Å². The summed E-state index contributed by atoms with van der Waals surface area (Å²) in [5, 5.41) is 0. The van der Waals surface area contributed by atoms with E-state index in [1.165, 1.54) is 29.5 Å². The highest BCUT2D eigenvalue weighted by atomic mass is 14.2. The van der Waals surface area contributed by atoms with Gasteiger partial charge < -0.3 is 0 Å². The zero-order valence-electron chi connectivity index (χ0n) is 8.90. The Kier molecular flexibility index (Phi) is 1.91. The van der Waals surface area contributed by atoms with Crippen molar-refractivity contribution in [1.29, 1.82) is 0 Å². The second-order valence-corrected chi connectivity index (χ2v) is 4.14. The van der Waals surface area contributed by atoms with Gasteiger partial charge in [-0.05, 0) is 28.1 Å². The predicted octanol–water partition coefficient (Wildman–Crippen LogP) is 3.24. The van der Waals surface area contributed by atoms with Crippen molar-refractivity contribution in [2.45, 2.75) is 12.6 Å². The van der Waals surface area contributed by atoms with E-state index >= 15 is 0 Å². The van der Waals surface area contributed by atoms with Gasteiger partial charge in [-0.1, -0.05) is 55.4 Å². The van der Waals surface area contributed by atoms with Gasteiger partial charge in [-0.3, -0.25) is 0 Å². The number of rotatable bonds is 1. The van der Waals surface area contributed by atoms with E-state index in [-0.39, 0.29) is 0 Å². The van der Waals surface area contributed by atoms with Gasteiger partial charge in [-0.25, -0.2) is 0 Å². The number of hydrogen-bond acceptors (Lipinski definition) is 0. The lowest BCUT2D eigenvalue weighted by atomic mass is 9.62. The van der Waals surface area contributed by atoms with Gasteiger partial charge >= 0.3 is 0 Å². The van der Waals surface area contributed by atoms with Gasteiger partial charge in [0, 0.05) is 0 Å². The Morgan fingerprint density at radius 1 is 0.800 bits per heavy atom. The minimum Gasteiger partial charge on any atom is -0.0884 e. The van der Waals surface area contributed by atoms with Crippen molar-refractivity contribution in [1.82, 2.24) is 0 Å². The number of benzene rings is 2. The largest absolute Gasteiger partial charge is 0.132 e. The van der Waals surface area contributed by atoms with Crippen LogP contribution in [0.4, 0.5) is 0 Å². The highest BCUT2D eigenvalue weighted by molar-refractivity contribution is 6.38. The summed E-state index contributed by atoms with van der Waals surface area (Å²) in [5.74, 6) is 0.609. The van der Waals surface area contributed by atoms with Crippen LogP contribution in [0.15, 0.2) is 48.5 Å². The Labute approximate surface area is 91.2 Å². The molecule has 0 unspecified atom stereocenters.